The second-order valence-corrected chi connectivity index (χ2v) is 6.16. The number of hydrogen-bond acceptors (Lipinski definition) is 4. The first-order valence-corrected chi connectivity index (χ1v) is 7.77. The quantitative estimate of drug-likeness (QED) is 0.842. The molecule has 0 aliphatic heterocycles. The van der Waals surface area contributed by atoms with Crippen LogP contribution in [0.3, 0.4) is 0 Å². The van der Waals surface area contributed by atoms with Crippen LogP contribution in [-0.2, 0) is 10.0 Å². The first-order chi connectivity index (χ1) is 9.80. The maximum absolute atomic E-state index is 12.1. The first kappa shape index (κ1) is 15.4. The molecular weight excluding hydrogens is 314 g/mol. The summed E-state index contributed by atoms with van der Waals surface area (Å²) in [5.41, 5.74) is 0.888. The lowest BCUT2D eigenvalue weighted by atomic mass is 10.2. The zero-order valence-corrected chi connectivity index (χ0v) is 12.6. The van der Waals surface area contributed by atoms with Crippen LogP contribution in [0.15, 0.2) is 41.4 Å². The molecule has 0 aliphatic carbocycles. The molecule has 1 amide bonds. The smallest absolute Gasteiger partial charge is 0.258 e. The Morgan fingerprint density at radius 1 is 1.29 bits per heavy atom. The van der Waals surface area contributed by atoms with Gasteiger partial charge in [0, 0.05) is 11.9 Å². The molecule has 8 heteroatoms. The van der Waals surface area contributed by atoms with Crippen molar-refractivity contribution in [3.8, 4) is 0 Å². The molecule has 21 heavy (non-hydrogen) atoms. The van der Waals surface area contributed by atoms with E-state index in [0.29, 0.717) is 11.3 Å². The lowest BCUT2D eigenvalue weighted by molar-refractivity contribution is 0.102. The van der Waals surface area contributed by atoms with Crippen LogP contribution in [0.25, 0.3) is 0 Å². The van der Waals surface area contributed by atoms with Crippen molar-refractivity contribution in [1.82, 2.24) is 4.98 Å². The first-order valence-electron chi connectivity index (χ1n) is 5.85. The number of carbonyl (C=O) groups is 1. The number of halogens is 1. The summed E-state index contributed by atoms with van der Waals surface area (Å²) in [5.74, 6) is -0.484. The standard InChI is InChI=1S/C13H12ClN3O3S/c1-8-10(5-2-6-11(8)21(15,19)20)17-13(18)9-4-3-7-16-12(9)14/h2-7H,1H3,(H,17,18)(H2,15,19,20). The number of carbonyl (C=O) groups excluding carboxylic acids is 1. The summed E-state index contributed by atoms with van der Waals surface area (Å²) in [5, 5.41) is 7.78. The minimum Gasteiger partial charge on any atom is -0.322 e. The molecule has 2 aromatic rings. The van der Waals surface area contributed by atoms with Crippen molar-refractivity contribution in [3.63, 3.8) is 0 Å². The monoisotopic (exact) mass is 325 g/mol. The summed E-state index contributed by atoms with van der Waals surface area (Å²) in [4.78, 5) is 15.9. The second-order valence-electron chi connectivity index (χ2n) is 4.27. The molecule has 0 saturated heterocycles. The third kappa shape index (κ3) is 3.38. The molecule has 0 fully saturated rings. The number of benzene rings is 1. The highest BCUT2D eigenvalue weighted by Gasteiger charge is 2.16. The van der Waals surface area contributed by atoms with Crippen LogP contribution in [0.1, 0.15) is 15.9 Å². The number of aromatic nitrogens is 1. The van der Waals surface area contributed by atoms with Crippen LogP contribution in [0, 0.1) is 6.92 Å². The molecule has 1 aromatic heterocycles. The number of hydrogen-bond donors (Lipinski definition) is 2. The molecule has 6 nitrogen and oxygen atoms in total. The van der Waals surface area contributed by atoms with Gasteiger partial charge in [0.2, 0.25) is 10.0 Å². The zero-order valence-electron chi connectivity index (χ0n) is 11.0. The van der Waals surface area contributed by atoms with E-state index in [2.05, 4.69) is 10.3 Å². The molecular formula is C13H12ClN3O3S. The average molecular weight is 326 g/mol. The number of anilines is 1. The van der Waals surface area contributed by atoms with Crippen molar-refractivity contribution in [3.05, 3.63) is 52.8 Å². The van der Waals surface area contributed by atoms with Crippen molar-refractivity contribution in [2.75, 3.05) is 5.32 Å². The summed E-state index contributed by atoms with van der Waals surface area (Å²) < 4.78 is 22.9. The van der Waals surface area contributed by atoms with Gasteiger partial charge in [0.25, 0.3) is 5.91 Å². The summed E-state index contributed by atoms with van der Waals surface area (Å²) in [6.07, 6.45) is 1.46. The molecule has 0 aliphatic rings. The Hall–Kier alpha value is -1.96. The Morgan fingerprint density at radius 3 is 2.62 bits per heavy atom. The summed E-state index contributed by atoms with van der Waals surface area (Å²) in [6, 6.07) is 7.54. The average Bonchev–Trinajstić information content (AvgIpc) is 2.40. The highest BCUT2D eigenvalue weighted by Crippen LogP contribution is 2.23. The highest BCUT2D eigenvalue weighted by molar-refractivity contribution is 7.89. The van der Waals surface area contributed by atoms with E-state index in [1.165, 1.54) is 24.4 Å². The number of nitrogens with two attached hydrogens (primary N) is 1. The molecule has 0 radical (unpaired) electrons. The van der Waals surface area contributed by atoms with Gasteiger partial charge in [0.1, 0.15) is 5.15 Å². The molecule has 2 rings (SSSR count). The van der Waals surface area contributed by atoms with Gasteiger partial charge in [-0.3, -0.25) is 4.79 Å². The molecule has 0 atom stereocenters. The third-order valence-electron chi connectivity index (χ3n) is 2.84. The van der Waals surface area contributed by atoms with E-state index in [4.69, 9.17) is 16.7 Å². The SMILES string of the molecule is Cc1c(NC(=O)c2cccnc2Cl)cccc1S(N)(=O)=O. The number of sulfonamides is 1. The third-order valence-corrected chi connectivity index (χ3v) is 4.20. The predicted molar refractivity (Wildman–Crippen MR) is 79.8 cm³/mol. The molecule has 0 unspecified atom stereocenters. The van der Waals surface area contributed by atoms with E-state index in [9.17, 15) is 13.2 Å². The van der Waals surface area contributed by atoms with Gasteiger partial charge in [0.15, 0.2) is 0 Å². The van der Waals surface area contributed by atoms with E-state index in [1.54, 1.807) is 19.1 Å². The zero-order chi connectivity index (χ0) is 15.6. The Morgan fingerprint density at radius 2 is 2.00 bits per heavy atom. The van der Waals surface area contributed by atoms with Crippen molar-refractivity contribution >= 4 is 33.2 Å². The molecule has 0 spiro atoms. The van der Waals surface area contributed by atoms with Crippen LogP contribution in [0.4, 0.5) is 5.69 Å². The van der Waals surface area contributed by atoms with Crippen LogP contribution < -0.4 is 10.5 Å². The Balaban J connectivity index is 2.37. The predicted octanol–water partition coefficient (Wildman–Crippen LogP) is 1.94. The highest BCUT2D eigenvalue weighted by atomic mass is 35.5. The molecule has 0 bridgehead atoms. The van der Waals surface area contributed by atoms with Gasteiger partial charge < -0.3 is 5.32 Å². The molecule has 110 valence electrons. The van der Waals surface area contributed by atoms with Gasteiger partial charge in [0.05, 0.1) is 10.5 Å². The van der Waals surface area contributed by atoms with Gasteiger partial charge in [-0.25, -0.2) is 18.5 Å². The Bertz CT molecular complexity index is 806. The van der Waals surface area contributed by atoms with Crippen LogP contribution in [-0.4, -0.2) is 19.3 Å². The second kappa shape index (κ2) is 5.80. The number of nitrogens with zero attached hydrogens (tertiary/aromatic N) is 1. The van der Waals surface area contributed by atoms with Gasteiger partial charge in [-0.2, -0.15) is 0 Å². The van der Waals surface area contributed by atoms with Gasteiger partial charge in [-0.1, -0.05) is 17.7 Å². The normalized spacial score (nSPS) is 11.2. The van der Waals surface area contributed by atoms with E-state index in [0.717, 1.165) is 0 Å². The molecule has 3 N–H and O–H groups in total. The fraction of sp³-hybridized carbons (Fsp3) is 0.0769. The maximum Gasteiger partial charge on any atom is 0.258 e. The van der Waals surface area contributed by atoms with Crippen molar-refractivity contribution in [2.45, 2.75) is 11.8 Å². The van der Waals surface area contributed by atoms with Crippen molar-refractivity contribution in [1.29, 1.82) is 0 Å². The van der Waals surface area contributed by atoms with Crippen LogP contribution in [0.5, 0.6) is 0 Å². The van der Waals surface area contributed by atoms with E-state index >= 15 is 0 Å². The van der Waals surface area contributed by atoms with Gasteiger partial charge >= 0.3 is 0 Å². The summed E-state index contributed by atoms with van der Waals surface area (Å²) in [6.45, 7) is 1.56. The number of primary sulfonamides is 1. The van der Waals surface area contributed by atoms with E-state index in [-0.39, 0.29) is 15.6 Å². The molecule has 1 aromatic carbocycles. The number of nitrogens with one attached hydrogen (secondary N) is 1. The maximum atomic E-state index is 12.1. The van der Waals surface area contributed by atoms with E-state index in [1.807, 2.05) is 0 Å². The van der Waals surface area contributed by atoms with Crippen molar-refractivity contribution in [2.24, 2.45) is 5.14 Å². The number of amides is 1. The largest absolute Gasteiger partial charge is 0.322 e. The van der Waals surface area contributed by atoms with Crippen LogP contribution >= 0.6 is 11.6 Å². The fourth-order valence-electron chi connectivity index (χ4n) is 1.80. The minimum atomic E-state index is -3.85. The lowest BCUT2D eigenvalue weighted by Gasteiger charge is -2.11. The van der Waals surface area contributed by atoms with Gasteiger partial charge in [-0.05, 0) is 36.8 Å². The summed E-state index contributed by atoms with van der Waals surface area (Å²) in [7, 11) is -3.85. The van der Waals surface area contributed by atoms with E-state index < -0.39 is 15.9 Å². The minimum absolute atomic E-state index is 0.0439. The van der Waals surface area contributed by atoms with Gasteiger partial charge in [-0.15, -0.1) is 0 Å². The Kier molecular flexibility index (Phi) is 4.26. The number of pyridine rings is 1. The summed E-state index contributed by atoms with van der Waals surface area (Å²) >= 11 is 5.84. The topological polar surface area (TPSA) is 102 Å². The Labute approximate surface area is 127 Å². The fourth-order valence-corrected chi connectivity index (χ4v) is 2.81. The van der Waals surface area contributed by atoms with Crippen LogP contribution in [0.2, 0.25) is 5.15 Å². The lowest BCUT2D eigenvalue weighted by Crippen LogP contribution is -2.17. The van der Waals surface area contributed by atoms with Crippen molar-refractivity contribution < 1.29 is 13.2 Å². The molecule has 0 saturated carbocycles. The number of rotatable bonds is 3. The molecule has 1 heterocycles.